The van der Waals surface area contributed by atoms with Crippen LogP contribution in [-0.2, 0) is 9.53 Å². The maximum absolute atomic E-state index is 12.0. The molecule has 2 heterocycles. The van der Waals surface area contributed by atoms with Gasteiger partial charge in [-0.2, -0.15) is 0 Å². The SMILES string of the molecule is CCNC(=O)C1COCCN1c1ncccc1C=O. The summed E-state index contributed by atoms with van der Waals surface area (Å²) in [5.41, 5.74) is 0.485. The van der Waals surface area contributed by atoms with Crippen LogP contribution in [0, 0.1) is 0 Å². The number of anilines is 1. The van der Waals surface area contributed by atoms with Crippen molar-refractivity contribution in [3.8, 4) is 0 Å². The fourth-order valence-corrected chi connectivity index (χ4v) is 2.11. The molecule has 0 spiro atoms. The third-order valence-corrected chi connectivity index (χ3v) is 3.00. The largest absolute Gasteiger partial charge is 0.377 e. The first-order valence-electron chi connectivity index (χ1n) is 6.30. The second-order valence-corrected chi connectivity index (χ2v) is 4.21. The van der Waals surface area contributed by atoms with Crippen molar-refractivity contribution in [1.29, 1.82) is 0 Å². The van der Waals surface area contributed by atoms with Gasteiger partial charge in [-0.25, -0.2) is 4.98 Å². The van der Waals surface area contributed by atoms with E-state index in [2.05, 4.69) is 10.3 Å². The molecular formula is C13H17N3O3. The molecule has 6 nitrogen and oxygen atoms in total. The first-order valence-corrected chi connectivity index (χ1v) is 6.30. The molecule has 1 atom stereocenters. The summed E-state index contributed by atoms with van der Waals surface area (Å²) in [6.07, 6.45) is 2.37. The van der Waals surface area contributed by atoms with Crippen LogP contribution >= 0.6 is 0 Å². The molecule has 6 heteroatoms. The molecule has 0 aliphatic carbocycles. The Morgan fingerprint density at radius 2 is 2.53 bits per heavy atom. The smallest absolute Gasteiger partial charge is 0.245 e. The van der Waals surface area contributed by atoms with Crippen LogP contribution in [0.4, 0.5) is 5.82 Å². The van der Waals surface area contributed by atoms with Gasteiger partial charge in [-0.1, -0.05) is 0 Å². The number of ether oxygens (including phenoxy) is 1. The van der Waals surface area contributed by atoms with Crippen LogP contribution in [0.15, 0.2) is 18.3 Å². The fraction of sp³-hybridized carbons (Fsp3) is 0.462. The van der Waals surface area contributed by atoms with Crippen LogP contribution < -0.4 is 10.2 Å². The molecule has 0 aromatic carbocycles. The van der Waals surface area contributed by atoms with E-state index in [9.17, 15) is 9.59 Å². The van der Waals surface area contributed by atoms with E-state index in [4.69, 9.17) is 4.74 Å². The Labute approximate surface area is 111 Å². The zero-order valence-corrected chi connectivity index (χ0v) is 10.8. The first kappa shape index (κ1) is 13.5. The van der Waals surface area contributed by atoms with Crippen LogP contribution in [0.2, 0.25) is 0 Å². The highest BCUT2D eigenvalue weighted by molar-refractivity contribution is 5.88. The molecule has 1 N–H and O–H groups in total. The highest BCUT2D eigenvalue weighted by atomic mass is 16.5. The minimum absolute atomic E-state index is 0.107. The van der Waals surface area contributed by atoms with Gasteiger partial charge in [-0.05, 0) is 19.1 Å². The monoisotopic (exact) mass is 263 g/mol. The Morgan fingerprint density at radius 1 is 1.68 bits per heavy atom. The third kappa shape index (κ3) is 2.90. The molecule has 0 radical (unpaired) electrons. The molecule has 0 saturated carbocycles. The lowest BCUT2D eigenvalue weighted by atomic mass is 10.1. The molecular weight excluding hydrogens is 246 g/mol. The average Bonchev–Trinajstić information content (AvgIpc) is 2.47. The highest BCUT2D eigenvalue weighted by Crippen LogP contribution is 2.20. The molecule has 1 aromatic rings. The summed E-state index contributed by atoms with van der Waals surface area (Å²) in [4.78, 5) is 29.2. The number of morpholine rings is 1. The summed E-state index contributed by atoms with van der Waals surface area (Å²) in [6.45, 7) is 3.79. The van der Waals surface area contributed by atoms with Crippen LogP contribution in [0.1, 0.15) is 17.3 Å². The molecule has 1 fully saturated rings. The molecule has 1 aromatic heterocycles. The number of nitrogens with zero attached hydrogens (tertiary/aromatic N) is 2. The zero-order chi connectivity index (χ0) is 13.7. The lowest BCUT2D eigenvalue weighted by Crippen LogP contribution is -2.54. The number of hydrogen-bond acceptors (Lipinski definition) is 5. The van der Waals surface area contributed by atoms with Crippen molar-refractivity contribution in [3.63, 3.8) is 0 Å². The van der Waals surface area contributed by atoms with Crippen molar-refractivity contribution in [2.45, 2.75) is 13.0 Å². The maximum atomic E-state index is 12.0. The van der Waals surface area contributed by atoms with Crippen molar-refractivity contribution >= 4 is 18.0 Å². The first-order chi connectivity index (χ1) is 9.27. The number of amides is 1. The Morgan fingerprint density at radius 3 is 3.26 bits per heavy atom. The summed E-state index contributed by atoms with van der Waals surface area (Å²) in [7, 11) is 0. The summed E-state index contributed by atoms with van der Waals surface area (Å²) in [5.74, 6) is 0.432. The van der Waals surface area contributed by atoms with Crippen molar-refractivity contribution in [3.05, 3.63) is 23.9 Å². The number of aromatic nitrogens is 1. The van der Waals surface area contributed by atoms with Gasteiger partial charge < -0.3 is 15.0 Å². The van der Waals surface area contributed by atoms with E-state index in [1.54, 1.807) is 18.3 Å². The Kier molecular flexibility index (Phi) is 4.46. The lowest BCUT2D eigenvalue weighted by molar-refractivity contribution is -0.124. The van der Waals surface area contributed by atoms with E-state index < -0.39 is 6.04 Å². The number of hydrogen-bond donors (Lipinski definition) is 1. The van der Waals surface area contributed by atoms with Crippen molar-refractivity contribution < 1.29 is 14.3 Å². The van der Waals surface area contributed by atoms with Crippen molar-refractivity contribution in [2.24, 2.45) is 0 Å². The second kappa shape index (κ2) is 6.29. The standard InChI is InChI=1S/C13H17N3O3/c1-2-14-13(18)11-9-19-7-6-16(11)12-10(8-17)4-3-5-15-12/h3-5,8,11H,2,6-7,9H2,1H3,(H,14,18). The molecule has 0 bridgehead atoms. The molecule has 1 aliphatic rings. The summed E-state index contributed by atoms with van der Waals surface area (Å²) < 4.78 is 5.36. The van der Waals surface area contributed by atoms with Crippen LogP contribution in [0.5, 0.6) is 0 Å². The minimum atomic E-state index is -0.442. The van der Waals surface area contributed by atoms with Gasteiger partial charge in [-0.15, -0.1) is 0 Å². The van der Waals surface area contributed by atoms with Crippen molar-refractivity contribution in [2.75, 3.05) is 31.2 Å². The summed E-state index contributed by atoms with van der Waals surface area (Å²) in [5, 5.41) is 2.78. The number of carbonyl (C=O) groups is 2. The molecule has 2 rings (SSSR count). The van der Waals surface area contributed by atoms with Gasteiger partial charge >= 0.3 is 0 Å². The summed E-state index contributed by atoms with van der Waals surface area (Å²) in [6, 6.07) is 2.95. The predicted molar refractivity (Wildman–Crippen MR) is 70.3 cm³/mol. The Bertz CT molecular complexity index is 464. The van der Waals surface area contributed by atoms with Crippen LogP contribution in [0.25, 0.3) is 0 Å². The van der Waals surface area contributed by atoms with E-state index in [0.717, 1.165) is 6.29 Å². The minimum Gasteiger partial charge on any atom is -0.377 e. The Balaban J connectivity index is 2.28. The fourth-order valence-electron chi connectivity index (χ4n) is 2.11. The van der Waals surface area contributed by atoms with Crippen LogP contribution in [0.3, 0.4) is 0 Å². The number of aldehydes is 1. The van der Waals surface area contributed by atoms with E-state index in [1.165, 1.54) is 0 Å². The molecule has 102 valence electrons. The van der Waals surface area contributed by atoms with E-state index in [-0.39, 0.29) is 5.91 Å². The number of nitrogens with one attached hydrogen (secondary N) is 1. The molecule has 1 unspecified atom stereocenters. The van der Waals surface area contributed by atoms with Gasteiger partial charge in [0.15, 0.2) is 6.29 Å². The number of pyridine rings is 1. The molecule has 19 heavy (non-hydrogen) atoms. The molecule has 1 amide bonds. The normalized spacial score (nSPS) is 19.0. The van der Waals surface area contributed by atoms with E-state index >= 15 is 0 Å². The number of likely N-dealkylation sites (N-methyl/N-ethyl adjacent to an activating group) is 1. The van der Waals surface area contributed by atoms with Gasteiger partial charge in [-0.3, -0.25) is 9.59 Å². The second-order valence-electron chi connectivity index (χ2n) is 4.21. The van der Waals surface area contributed by atoms with E-state index in [0.29, 0.717) is 37.7 Å². The van der Waals surface area contributed by atoms with Crippen LogP contribution in [-0.4, -0.2) is 49.5 Å². The predicted octanol–water partition coefficient (Wildman–Crippen LogP) is 0.235. The lowest BCUT2D eigenvalue weighted by Gasteiger charge is -2.35. The van der Waals surface area contributed by atoms with Gasteiger partial charge in [0.05, 0.1) is 18.8 Å². The summed E-state index contributed by atoms with van der Waals surface area (Å²) >= 11 is 0. The van der Waals surface area contributed by atoms with Gasteiger partial charge in [0.1, 0.15) is 11.9 Å². The van der Waals surface area contributed by atoms with Gasteiger partial charge in [0.2, 0.25) is 5.91 Å². The topological polar surface area (TPSA) is 71.5 Å². The number of rotatable bonds is 4. The average molecular weight is 263 g/mol. The molecule has 1 aliphatic heterocycles. The molecule has 1 saturated heterocycles. The van der Waals surface area contributed by atoms with Gasteiger partial charge in [0.25, 0.3) is 0 Å². The number of carbonyl (C=O) groups excluding carboxylic acids is 2. The zero-order valence-electron chi connectivity index (χ0n) is 10.8. The Hall–Kier alpha value is -1.95. The maximum Gasteiger partial charge on any atom is 0.245 e. The third-order valence-electron chi connectivity index (χ3n) is 3.00. The van der Waals surface area contributed by atoms with Crippen molar-refractivity contribution in [1.82, 2.24) is 10.3 Å². The van der Waals surface area contributed by atoms with E-state index in [1.807, 2.05) is 11.8 Å². The quantitative estimate of drug-likeness (QED) is 0.788. The van der Waals surface area contributed by atoms with Gasteiger partial charge in [0, 0.05) is 19.3 Å². The highest BCUT2D eigenvalue weighted by Gasteiger charge is 2.31.